The number of nitrogens with zero attached hydrogens (tertiary/aromatic N) is 2. The number of rotatable bonds is 8. The molecule has 0 atom stereocenters. The predicted molar refractivity (Wildman–Crippen MR) is 103 cm³/mol. The van der Waals surface area contributed by atoms with Gasteiger partial charge in [-0.2, -0.15) is 0 Å². The summed E-state index contributed by atoms with van der Waals surface area (Å²) in [6, 6.07) is 12.0. The van der Waals surface area contributed by atoms with Gasteiger partial charge in [-0.25, -0.2) is 4.98 Å². The van der Waals surface area contributed by atoms with Crippen molar-refractivity contribution in [3.63, 3.8) is 0 Å². The predicted octanol–water partition coefficient (Wildman–Crippen LogP) is 3.47. The number of hydrogen-bond donors (Lipinski definition) is 1. The van der Waals surface area contributed by atoms with Crippen LogP contribution in [0, 0.1) is 6.92 Å². The highest BCUT2D eigenvalue weighted by atomic mass is 16.5. The maximum absolute atomic E-state index is 12.0. The van der Waals surface area contributed by atoms with Crippen molar-refractivity contribution >= 4 is 11.7 Å². The zero-order valence-electron chi connectivity index (χ0n) is 15.4. The van der Waals surface area contributed by atoms with Crippen LogP contribution >= 0.6 is 0 Å². The molecule has 5 nitrogen and oxygen atoms in total. The van der Waals surface area contributed by atoms with E-state index in [4.69, 9.17) is 4.74 Å². The van der Waals surface area contributed by atoms with Gasteiger partial charge in [0.25, 0.3) is 0 Å². The van der Waals surface area contributed by atoms with Crippen LogP contribution in [0.5, 0.6) is 5.75 Å². The van der Waals surface area contributed by atoms with Gasteiger partial charge >= 0.3 is 0 Å². The molecule has 0 bridgehead atoms. The molecule has 1 aliphatic rings. The molecule has 1 aromatic carbocycles. The van der Waals surface area contributed by atoms with Crippen molar-refractivity contribution < 1.29 is 9.53 Å². The second-order valence-corrected chi connectivity index (χ2v) is 6.76. The molecule has 26 heavy (non-hydrogen) atoms. The topological polar surface area (TPSA) is 54.5 Å². The number of amides is 1. The second-order valence-electron chi connectivity index (χ2n) is 6.76. The highest BCUT2D eigenvalue weighted by molar-refractivity contribution is 5.75. The van der Waals surface area contributed by atoms with E-state index in [9.17, 15) is 4.79 Å². The fourth-order valence-corrected chi connectivity index (χ4v) is 3.11. The van der Waals surface area contributed by atoms with Crippen LogP contribution in [-0.2, 0) is 11.3 Å². The molecule has 0 spiro atoms. The Kier molecular flexibility index (Phi) is 6.47. The third-order valence-corrected chi connectivity index (χ3v) is 4.54. The Morgan fingerprint density at radius 1 is 1.23 bits per heavy atom. The highest BCUT2D eigenvalue weighted by Gasteiger charge is 2.13. The van der Waals surface area contributed by atoms with E-state index in [0.717, 1.165) is 30.2 Å². The number of aryl methyl sites for hydroxylation is 1. The number of aromatic nitrogens is 1. The lowest BCUT2D eigenvalue weighted by molar-refractivity contribution is -0.121. The summed E-state index contributed by atoms with van der Waals surface area (Å²) in [5.41, 5.74) is 2.26. The van der Waals surface area contributed by atoms with Crippen LogP contribution in [0.4, 0.5) is 5.82 Å². The monoisotopic (exact) mass is 353 g/mol. The Labute approximate surface area is 155 Å². The molecule has 3 rings (SSSR count). The normalized spacial score (nSPS) is 13.7. The Hall–Kier alpha value is -2.56. The molecular formula is C21H27N3O2. The fourth-order valence-electron chi connectivity index (χ4n) is 3.11. The van der Waals surface area contributed by atoms with E-state index in [1.807, 2.05) is 43.5 Å². The molecule has 1 aliphatic heterocycles. The van der Waals surface area contributed by atoms with Gasteiger partial charge in [0.15, 0.2) is 0 Å². The van der Waals surface area contributed by atoms with E-state index >= 15 is 0 Å². The quantitative estimate of drug-likeness (QED) is 0.739. The summed E-state index contributed by atoms with van der Waals surface area (Å²) >= 11 is 0. The molecule has 0 radical (unpaired) electrons. The lowest BCUT2D eigenvalue weighted by Gasteiger charge is -2.17. The summed E-state index contributed by atoms with van der Waals surface area (Å²) in [7, 11) is 0. The Bertz CT molecular complexity index is 727. The van der Waals surface area contributed by atoms with Crippen molar-refractivity contribution in [1.29, 1.82) is 0 Å². The molecule has 1 aromatic heterocycles. The maximum atomic E-state index is 12.0. The van der Waals surface area contributed by atoms with Crippen LogP contribution in [0.3, 0.4) is 0 Å². The van der Waals surface area contributed by atoms with Gasteiger partial charge in [0, 0.05) is 32.3 Å². The molecule has 1 fully saturated rings. The number of anilines is 1. The first-order valence-corrected chi connectivity index (χ1v) is 9.37. The van der Waals surface area contributed by atoms with Gasteiger partial charge < -0.3 is 15.0 Å². The summed E-state index contributed by atoms with van der Waals surface area (Å²) < 4.78 is 5.68. The molecule has 5 heteroatoms. The van der Waals surface area contributed by atoms with Crippen molar-refractivity contribution in [2.75, 3.05) is 24.6 Å². The van der Waals surface area contributed by atoms with Gasteiger partial charge in [0.1, 0.15) is 11.6 Å². The zero-order chi connectivity index (χ0) is 18.2. The first-order valence-electron chi connectivity index (χ1n) is 9.37. The Balaban J connectivity index is 1.37. The fraction of sp³-hybridized carbons (Fsp3) is 0.429. The van der Waals surface area contributed by atoms with Crippen LogP contribution in [0.15, 0.2) is 42.6 Å². The largest absolute Gasteiger partial charge is 0.494 e. The summed E-state index contributed by atoms with van der Waals surface area (Å²) in [6.45, 7) is 5.27. The standard InChI is InChI=1S/C21H27N3O2/c1-17-6-4-7-19(14-17)26-13-5-8-21(25)23-16-18-9-10-22-20(15-18)24-11-2-3-12-24/h4,6-7,9-10,14-15H,2-3,5,8,11-13,16H2,1H3,(H,23,25). The number of benzene rings is 1. The molecule has 0 aliphatic carbocycles. The molecular weight excluding hydrogens is 326 g/mol. The van der Waals surface area contributed by atoms with Crippen molar-refractivity contribution in [3.8, 4) is 5.75 Å². The maximum Gasteiger partial charge on any atom is 0.220 e. The number of hydrogen-bond acceptors (Lipinski definition) is 4. The highest BCUT2D eigenvalue weighted by Crippen LogP contribution is 2.18. The first-order chi connectivity index (χ1) is 12.7. The van der Waals surface area contributed by atoms with E-state index in [-0.39, 0.29) is 5.91 Å². The van der Waals surface area contributed by atoms with Gasteiger partial charge in [0.2, 0.25) is 5.91 Å². The molecule has 1 amide bonds. The molecule has 1 saturated heterocycles. The third kappa shape index (κ3) is 5.48. The number of carbonyl (C=O) groups excluding carboxylic acids is 1. The summed E-state index contributed by atoms with van der Waals surface area (Å²) in [5, 5.41) is 2.98. The number of pyridine rings is 1. The molecule has 0 unspecified atom stereocenters. The number of nitrogens with one attached hydrogen (secondary N) is 1. The van der Waals surface area contributed by atoms with Crippen molar-refractivity contribution in [2.24, 2.45) is 0 Å². The molecule has 1 N–H and O–H groups in total. The van der Waals surface area contributed by atoms with Crippen LogP contribution in [0.25, 0.3) is 0 Å². The van der Waals surface area contributed by atoms with Crippen LogP contribution in [0.2, 0.25) is 0 Å². The molecule has 2 aromatic rings. The van der Waals surface area contributed by atoms with Gasteiger partial charge in [-0.05, 0) is 61.6 Å². The van der Waals surface area contributed by atoms with Crippen molar-refractivity contribution in [2.45, 2.75) is 39.2 Å². The van der Waals surface area contributed by atoms with Crippen molar-refractivity contribution in [1.82, 2.24) is 10.3 Å². The SMILES string of the molecule is Cc1cccc(OCCCC(=O)NCc2ccnc(N3CCCC3)c2)c1. The van der Waals surface area contributed by atoms with Crippen LogP contribution < -0.4 is 15.0 Å². The van der Waals surface area contributed by atoms with Crippen LogP contribution in [-0.4, -0.2) is 30.6 Å². The number of carbonyl (C=O) groups is 1. The van der Waals surface area contributed by atoms with Gasteiger partial charge in [-0.15, -0.1) is 0 Å². The zero-order valence-corrected chi connectivity index (χ0v) is 15.4. The number of ether oxygens (including phenoxy) is 1. The Morgan fingerprint density at radius 2 is 2.08 bits per heavy atom. The second kappa shape index (κ2) is 9.22. The molecule has 138 valence electrons. The van der Waals surface area contributed by atoms with Crippen molar-refractivity contribution in [3.05, 3.63) is 53.7 Å². The summed E-state index contributed by atoms with van der Waals surface area (Å²) in [6.07, 6.45) is 5.45. The van der Waals surface area contributed by atoms with Crippen LogP contribution in [0.1, 0.15) is 36.8 Å². The average Bonchev–Trinajstić information content (AvgIpc) is 3.19. The van der Waals surface area contributed by atoms with Gasteiger partial charge in [-0.3, -0.25) is 4.79 Å². The molecule has 0 saturated carbocycles. The summed E-state index contributed by atoms with van der Waals surface area (Å²) in [4.78, 5) is 18.8. The minimum Gasteiger partial charge on any atom is -0.494 e. The van der Waals surface area contributed by atoms with E-state index in [1.165, 1.54) is 18.4 Å². The van der Waals surface area contributed by atoms with Gasteiger partial charge in [-0.1, -0.05) is 12.1 Å². The van der Waals surface area contributed by atoms with E-state index in [0.29, 0.717) is 26.0 Å². The Morgan fingerprint density at radius 3 is 2.88 bits per heavy atom. The van der Waals surface area contributed by atoms with Gasteiger partial charge in [0.05, 0.1) is 6.61 Å². The minimum atomic E-state index is 0.0531. The lowest BCUT2D eigenvalue weighted by atomic mass is 10.2. The smallest absolute Gasteiger partial charge is 0.220 e. The molecule has 2 heterocycles. The first kappa shape index (κ1) is 18.2. The van der Waals surface area contributed by atoms with E-state index in [1.54, 1.807) is 0 Å². The third-order valence-electron chi connectivity index (χ3n) is 4.54. The summed E-state index contributed by atoms with van der Waals surface area (Å²) in [5.74, 6) is 1.93. The lowest BCUT2D eigenvalue weighted by Crippen LogP contribution is -2.24. The van der Waals surface area contributed by atoms with E-state index < -0.39 is 0 Å². The van der Waals surface area contributed by atoms with E-state index in [2.05, 4.69) is 21.3 Å². The minimum absolute atomic E-state index is 0.0531. The average molecular weight is 353 g/mol.